The number of methoxy groups -OCH3 is 1. The number of hydrogen-bond donors (Lipinski definition) is 0. The average molecular weight is 433 g/mol. The molecule has 0 spiro atoms. The van der Waals surface area contributed by atoms with Gasteiger partial charge in [-0.1, -0.05) is 34.6 Å². The summed E-state index contributed by atoms with van der Waals surface area (Å²) in [5.74, 6) is 5.46. The van der Waals surface area contributed by atoms with Gasteiger partial charge in [-0.15, -0.1) is 12.1 Å². The van der Waals surface area contributed by atoms with Gasteiger partial charge in [-0.2, -0.15) is 18.2 Å². The monoisotopic (exact) mass is 433 g/mol. The van der Waals surface area contributed by atoms with Gasteiger partial charge in [0.1, 0.15) is 0 Å². The third kappa shape index (κ3) is 11.8. The second-order valence-corrected chi connectivity index (χ2v) is 7.27. The van der Waals surface area contributed by atoms with Crippen LogP contribution in [-0.4, -0.2) is 25.1 Å². The number of benzene rings is 1. The number of para-hydroxylation sites is 1. The molecular formula is C23H37FeO4. The first-order valence-corrected chi connectivity index (χ1v) is 10.3. The number of hydrogen-bond acceptors (Lipinski definition) is 3. The van der Waals surface area contributed by atoms with Crippen molar-refractivity contribution < 1.29 is 34.4 Å². The molecule has 0 radical (unpaired) electrons. The van der Waals surface area contributed by atoms with Crippen molar-refractivity contribution in [2.75, 3.05) is 20.3 Å². The Labute approximate surface area is 180 Å². The molecule has 1 aromatic rings. The number of rotatable bonds is 5. The third-order valence-corrected chi connectivity index (χ3v) is 5.87. The molecule has 1 aliphatic rings. The van der Waals surface area contributed by atoms with Crippen LogP contribution in [0.1, 0.15) is 48.5 Å². The fourth-order valence-corrected chi connectivity index (χ4v) is 3.48. The Hall–Kier alpha value is -0.931. The van der Waals surface area contributed by atoms with Crippen LogP contribution in [-0.2, 0) is 29.7 Å². The second-order valence-electron chi connectivity index (χ2n) is 6.82. The predicted molar refractivity (Wildman–Crippen MR) is 110 cm³/mol. The maximum absolute atomic E-state index is 7.50. The topological polar surface area (TPSA) is 47.6 Å². The van der Waals surface area contributed by atoms with E-state index in [2.05, 4.69) is 62.9 Å². The summed E-state index contributed by atoms with van der Waals surface area (Å²) in [7, 11) is 1.63. The molecule has 0 heterocycles. The molecule has 0 N–H and O–H groups in total. The molecule has 0 unspecified atom stereocenters. The Morgan fingerprint density at radius 3 is 1.54 bits per heavy atom. The van der Waals surface area contributed by atoms with Gasteiger partial charge in [-0.05, 0) is 29.6 Å². The van der Waals surface area contributed by atoms with Crippen LogP contribution in [0.5, 0.6) is 5.75 Å². The quantitative estimate of drug-likeness (QED) is 0.358. The van der Waals surface area contributed by atoms with Crippen LogP contribution in [0.3, 0.4) is 0 Å². The maximum atomic E-state index is 7.50. The minimum absolute atomic E-state index is 0.412. The molecule has 0 saturated heterocycles. The van der Waals surface area contributed by atoms with E-state index < -0.39 is 0 Å². The van der Waals surface area contributed by atoms with Gasteiger partial charge in [0.25, 0.3) is 0 Å². The van der Waals surface area contributed by atoms with Crippen LogP contribution < -0.4 is 4.74 Å². The zero-order chi connectivity index (χ0) is 22.1. The standard InChI is InChI=1S/C10H20.C7H7O.C5H10O2.CO.Fe/c1-6-7(2)9(4)10(5)8(6)3;1-8-7-5-3-2-4-6-7;1-3-6-5-7-4-2;1-2;/h6-10H,1-5H3;2-5H,1H3;3-4H2,1-2H3;;/q;-1;;;+1. The van der Waals surface area contributed by atoms with E-state index in [1.807, 2.05) is 38.1 Å². The van der Waals surface area contributed by atoms with E-state index in [-0.39, 0.29) is 0 Å². The first kappa shape index (κ1) is 29.3. The molecule has 0 bridgehead atoms. The van der Waals surface area contributed by atoms with Crippen LogP contribution in [0.25, 0.3) is 0 Å². The SMILES string of the molecule is CC1C(C)C(C)C(C)C1C.CCO[C](=[Fe+])OCC.COc1[c-]cccc1.[C-]#[O+]. The van der Waals surface area contributed by atoms with E-state index in [0.717, 1.165) is 35.3 Å². The molecule has 0 amide bonds. The zero-order valence-electron chi connectivity index (χ0n) is 18.6. The van der Waals surface area contributed by atoms with Crippen LogP contribution in [0.2, 0.25) is 0 Å². The van der Waals surface area contributed by atoms with E-state index in [0.29, 0.717) is 18.0 Å². The minimum atomic E-state index is 0.412. The Kier molecular flexibility index (Phi) is 18.9. The second kappa shape index (κ2) is 18.1. The van der Waals surface area contributed by atoms with Crippen molar-refractivity contribution in [1.82, 2.24) is 0 Å². The fourth-order valence-electron chi connectivity index (χ4n) is 3.16. The van der Waals surface area contributed by atoms with Crippen LogP contribution in [0, 0.1) is 42.3 Å². The molecule has 1 aliphatic carbocycles. The molecule has 0 aliphatic heterocycles. The molecule has 161 valence electrons. The van der Waals surface area contributed by atoms with E-state index >= 15 is 0 Å². The summed E-state index contributed by atoms with van der Waals surface area (Å²) in [6.07, 6.45) is 0. The van der Waals surface area contributed by atoms with Gasteiger partial charge < -0.3 is 4.74 Å². The summed E-state index contributed by atoms with van der Waals surface area (Å²) in [5, 5.41) is 0. The van der Waals surface area contributed by atoms with E-state index in [1.165, 1.54) is 0 Å². The van der Waals surface area contributed by atoms with Crippen molar-refractivity contribution in [2.45, 2.75) is 48.5 Å². The van der Waals surface area contributed by atoms with Gasteiger partial charge >= 0.3 is 68.2 Å². The van der Waals surface area contributed by atoms with Crippen LogP contribution in [0.15, 0.2) is 24.3 Å². The normalized spacial score (nSPS) is 25.0. The first-order chi connectivity index (χ1) is 13.3. The molecule has 1 saturated carbocycles. The van der Waals surface area contributed by atoms with Crippen LogP contribution in [0.4, 0.5) is 0 Å². The van der Waals surface area contributed by atoms with Gasteiger partial charge in [0.15, 0.2) is 0 Å². The van der Waals surface area contributed by atoms with Crippen LogP contribution >= 0.6 is 0 Å². The van der Waals surface area contributed by atoms with Gasteiger partial charge in [-0.25, -0.2) is 0 Å². The van der Waals surface area contributed by atoms with Crippen molar-refractivity contribution in [2.24, 2.45) is 29.6 Å². The summed E-state index contributed by atoms with van der Waals surface area (Å²) < 4.78 is 22.1. The zero-order valence-corrected chi connectivity index (χ0v) is 19.7. The summed E-state index contributed by atoms with van der Waals surface area (Å²) in [6.45, 7) is 21.5. The van der Waals surface area contributed by atoms with E-state index in [9.17, 15) is 0 Å². The van der Waals surface area contributed by atoms with E-state index in [1.54, 1.807) is 7.11 Å². The predicted octanol–water partition coefficient (Wildman–Crippen LogP) is 5.33. The molecule has 0 atom stereocenters. The fraction of sp³-hybridized carbons (Fsp3) is 0.652. The summed E-state index contributed by atoms with van der Waals surface area (Å²) in [5.41, 5.74) is 0. The molecule has 0 aromatic heterocycles. The van der Waals surface area contributed by atoms with Crippen molar-refractivity contribution in [3.63, 3.8) is 0 Å². The van der Waals surface area contributed by atoms with E-state index in [4.69, 9.17) is 18.9 Å². The number of ether oxygens (including phenoxy) is 3. The Morgan fingerprint density at radius 1 is 0.929 bits per heavy atom. The van der Waals surface area contributed by atoms with Crippen molar-refractivity contribution in [3.05, 3.63) is 37.0 Å². The van der Waals surface area contributed by atoms with Gasteiger partial charge in [-0.3, -0.25) is 0 Å². The molecule has 2 rings (SSSR count). The van der Waals surface area contributed by atoms with Gasteiger partial charge in [0.05, 0.1) is 7.11 Å². The third-order valence-electron chi connectivity index (χ3n) is 5.56. The molecule has 4 nitrogen and oxygen atoms in total. The molecule has 1 aromatic carbocycles. The van der Waals surface area contributed by atoms with Gasteiger partial charge in [0.2, 0.25) is 0 Å². The Bertz CT molecular complexity index is 465. The van der Waals surface area contributed by atoms with Crippen molar-refractivity contribution >= 4 is 4.79 Å². The average Bonchev–Trinajstić information content (AvgIpc) is 2.89. The van der Waals surface area contributed by atoms with Crippen molar-refractivity contribution in [3.8, 4) is 5.75 Å². The van der Waals surface area contributed by atoms with Crippen molar-refractivity contribution in [1.29, 1.82) is 0 Å². The summed E-state index contributed by atoms with van der Waals surface area (Å²) in [4.78, 5) is 0.412. The molecule has 5 heteroatoms. The first-order valence-electron chi connectivity index (χ1n) is 9.77. The Balaban J connectivity index is 0. The Morgan fingerprint density at radius 2 is 1.32 bits per heavy atom. The molecule has 28 heavy (non-hydrogen) atoms. The summed E-state index contributed by atoms with van der Waals surface area (Å²) >= 11 is 3.49. The molecular weight excluding hydrogens is 396 g/mol. The molecule has 1 fully saturated rings. The van der Waals surface area contributed by atoms with Gasteiger partial charge in [0, 0.05) is 5.75 Å². The summed E-state index contributed by atoms with van der Waals surface area (Å²) in [6, 6.07) is 10.4.